The summed E-state index contributed by atoms with van der Waals surface area (Å²) in [5.41, 5.74) is 7.00. The summed E-state index contributed by atoms with van der Waals surface area (Å²) >= 11 is 1.74. The lowest BCUT2D eigenvalue weighted by molar-refractivity contribution is 0.676. The molecule has 1 aromatic rings. The van der Waals surface area contributed by atoms with Crippen molar-refractivity contribution in [3.05, 3.63) is 28.2 Å². The van der Waals surface area contributed by atoms with Crippen molar-refractivity contribution in [3.63, 3.8) is 0 Å². The van der Waals surface area contributed by atoms with Crippen LogP contribution in [0.1, 0.15) is 22.0 Å². The van der Waals surface area contributed by atoms with Gasteiger partial charge in [0, 0.05) is 17.3 Å². The van der Waals surface area contributed by atoms with Gasteiger partial charge in [-0.15, -0.1) is 17.9 Å². The summed E-state index contributed by atoms with van der Waals surface area (Å²) in [6.07, 6.45) is 3.58. The van der Waals surface area contributed by atoms with E-state index in [0.29, 0.717) is 0 Å². The molecule has 0 radical (unpaired) electrons. The van der Waals surface area contributed by atoms with E-state index < -0.39 is 0 Å². The molecule has 1 aromatic heterocycles. The zero-order valence-corrected chi connectivity index (χ0v) is 9.03. The Kier molecular flexibility index (Phi) is 3.63. The van der Waals surface area contributed by atoms with Gasteiger partial charge in [0.2, 0.25) is 0 Å². The molecule has 1 atom stereocenters. The van der Waals surface area contributed by atoms with Crippen LogP contribution in [0.15, 0.2) is 12.7 Å². The van der Waals surface area contributed by atoms with E-state index in [0.717, 1.165) is 23.5 Å². The van der Waals surface area contributed by atoms with E-state index >= 15 is 0 Å². The second-order valence-corrected chi connectivity index (χ2v) is 4.53. The summed E-state index contributed by atoms with van der Waals surface area (Å²) in [7, 11) is 0. The molecule has 0 saturated heterocycles. The highest BCUT2D eigenvalue weighted by molar-refractivity contribution is 7.11. The van der Waals surface area contributed by atoms with Crippen molar-refractivity contribution in [1.82, 2.24) is 4.98 Å². The third kappa shape index (κ3) is 2.94. The number of aromatic nitrogens is 1. The first kappa shape index (κ1) is 10.4. The molecule has 0 aromatic carbocycles. The summed E-state index contributed by atoms with van der Waals surface area (Å²) in [5, 5.41) is 1.14. The second kappa shape index (κ2) is 4.53. The lowest BCUT2D eigenvalue weighted by atomic mass is 10.1. The summed E-state index contributed by atoms with van der Waals surface area (Å²) in [4.78, 5) is 5.73. The number of hydrogen-bond donors (Lipinski definition) is 1. The van der Waals surface area contributed by atoms with Crippen LogP contribution in [-0.4, -0.2) is 11.0 Å². The van der Waals surface area contributed by atoms with E-state index in [-0.39, 0.29) is 6.04 Å². The van der Waals surface area contributed by atoms with Gasteiger partial charge in [-0.1, -0.05) is 6.08 Å². The van der Waals surface area contributed by atoms with E-state index in [4.69, 9.17) is 5.73 Å². The fourth-order valence-corrected chi connectivity index (χ4v) is 2.17. The molecule has 2 N–H and O–H groups in total. The van der Waals surface area contributed by atoms with Gasteiger partial charge in [-0.3, -0.25) is 0 Å². The summed E-state index contributed by atoms with van der Waals surface area (Å²) in [6.45, 7) is 7.80. The van der Waals surface area contributed by atoms with Gasteiger partial charge in [-0.05, 0) is 20.3 Å². The molecule has 1 rings (SSSR count). The van der Waals surface area contributed by atoms with Gasteiger partial charge in [-0.25, -0.2) is 4.98 Å². The van der Waals surface area contributed by atoms with Crippen LogP contribution in [0.5, 0.6) is 0 Å². The normalized spacial score (nSPS) is 12.8. The third-order valence-electron chi connectivity index (χ3n) is 1.98. The van der Waals surface area contributed by atoms with Crippen LogP contribution < -0.4 is 5.73 Å². The van der Waals surface area contributed by atoms with Gasteiger partial charge >= 0.3 is 0 Å². The molecule has 13 heavy (non-hydrogen) atoms. The summed E-state index contributed by atoms with van der Waals surface area (Å²) < 4.78 is 0. The first-order chi connectivity index (χ1) is 6.13. The van der Waals surface area contributed by atoms with Crippen molar-refractivity contribution in [3.8, 4) is 0 Å². The Hall–Kier alpha value is -0.670. The zero-order valence-electron chi connectivity index (χ0n) is 8.21. The SMILES string of the molecule is C=CCC(N)Cc1nc(C)c(C)s1. The van der Waals surface area contributed by atoms with Crippen LogP contribution in [0.25, 0.3) is 0 Å². The van der Waals surface area contributed by atoms with Gasteiger partial charge < -0.3 is 5.73 Å². The molecule has 0 aliphatic heterocycles. The van der Waals surface area contributed by atoms with Crippen LogP contribution in [-0.2, 0) is 6.42 Å². The molecule has 0 saturated carbocycles. The predicted molar refractivity (Wildman–Crippen MR) is 58.1 cm³/mol. The quantitative estimate of drug-likeness (QED) is 0.750. The number of rotatable bonds is 4. The maximum absolute atomic E-state index is 5.87. The topological polar surface area (TPSA) is 38.9 Å². The Morgan fingerprint density at radius 2 is 2.31 bits per heavy atom. The van der Waals surface area contributed by atoms with Crippen molar-refractivity contribution in [2.24, 2.45) is 5.73 Å². The van der Waals surface area contributed by atoms with E-state index in [2.05, 4.69) is 18.5 Å². The Bertz CT molecular complexity index is 272. The fraction of sp³-hybridized carbons (Fsp3) is 0.500. The van der Waals surface area contributed by atoms with Crippen LogP contribution in [0, 0.1) is 13.8 Å². The maximum Gasteiger partial charge on any atom is 0.0946 e. The number of nitrogens with zero attached hydrogens (tertiary/aromatic N) is 1. The number of hydrogen-bond acceptors (Lipinski definition) is 3. The third-order valence-corrected chi connectivity index (χ3v) is 3.07. The van der Waals surface area contributed by atoms with E-state index in [1.54, 1.807) is 11.3 Å². The highest BCUT2D eigenvalue weighted by Crippen LogP contribution is 2.17. The van der Waals surface area contributed by atoms with E-state index in [1.807, 2.05) is 13.0 Å². The molecule has 1 heterocycles. The minimum Gasteiger partial charge on any atom is -0.327 e. The standard InChI is InChI=1S/C10H16N2S/c1-4-5-9(11)6-10-12-7(2)8(3)13-10/h4,9H,1,5-6,11H2,2-3H3. The summed E-state index contributed by atoms with van der Waals surface area (Å²) in [6, 6.07) is 0.169. The number of aryl methyl sites for hydroxylation is 2. The largest absolute Gasteiger partial charge is 0.327 e. The van der Waals surface area contributed by atoms with Gasteiger partial charge in [0.15, 0.2) is 0 Å². The molecule has 72 valence electrons. The van der Waals surface area contributed by atoms with Crippen molar-refractivity contribution in [2.75, 3.05) is 0 Å². The highest BCUT2D eigenvalue weighted by atomic mass is 32.1. The van der Waals surface area contributed by atoms with Gasteiger partial charge in [0.05, 0.1) is 10.7 Å². The second-order valence-electron chi connectivity index (χ2n) is 3.24. The Balaban J connectivity index is 2.58. The molecule has 0 amide bonds. The molecule has 2 nitrogen and oxygen atoms in total. The average Bonchev–Trinajstić information content (AvgIpc) is 2.31. The highest BCUT2D eigenvalue weighted by Gasteiger charge is 2.07. The van der Waals surface area contributed by atoms with Crippen LogP contribution >= 0.6 is 11.3 Å². The minimum atomic E-state index is 0.169. The molecule has 1 unspecified atom stereocenters. The van der Waals surface area contributed by atoms with Crippen LogP contribution in [0.3, 0.4) is 0 Å². The molecule has 3 heteroatoms. The predicted octanol–water partition coefficient (Wildman–Crippen LogP) is 2.21. The Morgan fingerprint density at radius 3 is 2.77 bits per heavy atom. The summed E-state index contributed by atoms with van der Waals surface area (Å²) in [5.74, 6) is 0. The molecule has 0 aliphatic rings. The van der Waals surface area contributed by atoms with Gasteiger partial charge in [0.25, 0.3) is 0 Å². The number of nitrogens with two attached hydrogens (primary N) is 1. The van der Waals surface area contributed by atoms with Gasteiger partial charge in [0.1, 0.15) is 0 Å². The fourth-order valence-electron chi connectivity index (χ4n) is 1.15. The van der Waals surface area contributed by atoms with Crippen LogP contribution in [0.4, 0.5) is 0 Å². The van der Waals surface area contributed by atoms with E-state index in [9.17, 15) is 0 Å². The van der Waals surface area contributed by atoms with E-state index in [1.165, 1.54) is 4.88 Å². The molecule has 0 bridgehead atoms. The number of thiazole rings is 1. The molecular weight excluding hydrogens is 180 g/mol. The first-order valence-electron chi connectivity index (χ1n) is 4.43. The van der Waals surface area contributed by atoms with Crippen molar-refractivity contribution >= 4 is 11.3 Å². The minimum absolute atomic E-state index is 0.169. The lowest BCUT2D eigenvalue weighted by Crippen LogP contribution is -2.21. The smallest absolute Gasteiger partial charge is 0.0946 e. The molecule has 0 spiro atoms. The Morgan fingerprint density at radius 1 is 1.62 bits per heavy atom. The molecular formula is C10H16N2S. The monoisotopic (exact) mass is 196 g/mol. The molecule has 0 aliphatic carbocycles. The van der Waals surface area contributed by atoms with Crippen LogP contribution in [0.2, 0.25) is 0 Å². The zero-order chi connectivity index (χ0) is 9.84. The lowest BCUT2D eigenvalue weighted by Gasteiger charge is -2.04. The van der Waals surface area contributed by atoms with Crippen molar-refractivity contribution < 1.29 is 0 Å². The van der Waals surface area contributed by atoms with Gasteiger partial charge in [-0.2, -0.15) is 0 Å². The Labute approximate surface area is 83.5 Å². The maximum atomic E-state index is 5.87. The first-order valence-corrected chi connectivity index (χ1v) is 5.24. The van der Waals surface area contributed by atoms with Crippen molar-refractivity contribution in [2.45, 2.75) is 32.7 Å². The average molecular weight is 196 g/mol. The molecule has 0 fully saturated rings. The van der Waals surface area contributed by atoms with Crippen molar-refractivity contribution in [1.29, 1.82) is 0 Å².